The van der Waals surface area contributed by atoms with Gasteiger partial charge in [-0.3, -0.25) is 14.5 Å². The van der Waals surface area contributed by atoms with E-state index in [2.05, 4.69) is 27.7 Å². The Morgan fingerprint density at radius 3 is 2.70 bits per heavy atom. The number of nitrogens with one attached hydrogen (secondary N) is 1. The number of carbonyl (C=O) groups is 2. The molecule has 2 fully saturated rings. The lowest BCUT2D eigenvalue weighted by atomic mass is 9.94. The summed E-state index contributed by atoms with van der Waals surface area (Å²) in [5, 5.41) is 5.28. The Labute approximate surface area is 167 Å². The fourth-order valence-electron chi connectivity index (χ4n) is 4.16. The molecule has 0 spiro atoms. The van der Waals surface area contributed by atoms with Crippen LogP contribution in [0.4, 0.5) is 0 Å². The van der Waals surface area contributed by atoms with Crippen LogP contribution in [0.15, 0.2) is 17.5 Å². The standard InChI is InChI=1S/C21H33N3O2S/c1-21(2,3)20(26)24-11-5-9-18(24)19(25)22-13-16-7-4-10-23(14-16)15-17-8-6-12-27-17/h6,8,12,16,18H,4-5,7,9-11,13-15H2,1-3H3,(H,22,25). The van der Waals surface area contributed by atoms with E-state index < -0.39 is 5.41 Å². The van der Waals surface area contributed by atoms with Crippen LogP contribution in [-0.2, 0) is 16.1 Å². The second-order valence-electron chi connectivity index (χ2n) is 8.97. The van der Waals surface area contributed by atoms with E-state index in [4.69, 9.17) is 0 Å². The van der Waals surface area contributed by atoms with Crippen LogP contribution >= 0.6 is 11.3 Å². The molecule has 0 aliphatic carbocycles. The number of likely N-dealkylation sites (tertiary alicyclic amines) is 2. The molecule has 150 valence electrons. The van der Waals surface area contributed by atoms with E-state index in [1.54, 1.807) is 4.90 Å². The van der Waals surface area contributed by atoms with Gasteiger partial charge in [0.15, 0.2) is 0 Å². The largest absolute Gasteiger partial charge is 0.354 e. The molecule has 2 amide bonds. The molecule has 0 aromatic carbocycles. The Bertz CT molecular complexity index is 638. The van der Waals surface area contributed by atoms with E-state index in [-0.39, 0.29) is 17.9 Å². The summed E-state index contributed by atoms with van der Waals surface area (Å²) in [6.45, 7) is 10.4. The number of hydrogen-bond donors (Lipinski definition) is 1. The summed E-state index contributed by atoms with van der Waals surface area (Å²) in [4.78, 5) is 31.1. The number of piperidine rings is 1. The van der Waals surface area contributed by atoms with Crippen molar-refractivity contribution in [2.45, 2.75) is 59.0 Å². The van der Waals surface area contributed by atoms with Crippen molar-refractivity contribution in [3.05, 3.63) is 22.4 Å². The van der Waals surface area contributed by atoms with Crippen molar-refractivity contribution in [3.63, 3.8) is 0 Å². The first kappa shape index (κ1) is 20.3. The highest BCUT2D eigenvalue weighted by atomic mass is 32.1. The predicted molar refractivity (Wildman–Crippen MR) is 110 cm³/mol. The van der Waals surface area contributed by atoms with Gasteiger partial charge in [0.1, 0.15) is 6.04 Å². The number of amides is 2. The lowest BCUT2D eigenvalue weighted by Gasteiger charge is -2.33. The van der Waals surface area contributed by atoms with E-state index in [0.717, 1.165) is 38.9 Å². The Morgan fingerprint density at radius 2 is 2.00 bits per heavy atom. The lowest BCUT2D eigenvalue weighted by Crippen LogP contribution is -2.50. The van der Waals surface area contributed by atoms with E-state index in [0.29, 0.717) is 19.0 Å². The summed E-state index contributed by atoms with van der Waals surface area (Å²) in [5.74, 6) is 0.608. The summed E-state index contributed by atoms with van der Waals surface area (Å²) >= 11 is 1.81. The zero-order chi connectivity index (χ0) is 19.4. The molecular formula is C21H33N3O2S. The van der Waals surface area contributed by atoms with Gasteiger partial charge >= 0.3 is 0 Å². The van der Waals surface area contributed by atoms with Gasteiger partial charge in [-0.25, -0.2) is 0 Å². The van der Waals surface area contributed by atoms with Gasteiger partial charge in [-0.15, -0.1) is 11.3 Å². The molecule has 3 heterocycles. The Kier molecular flexibility index (Phi) is 6.58. The third-order valence-electron chi connectivity index (χ3n) is 5.59. The molecule has 3 rings (SSSR count). The molecule has 0 saturated carbocycles. The summed E-state index contributed by atoms with van der Waals surface area (Å²) in [6.07, 6.45) is 4.04. The van der Waals surface area contributed by atoms with Crippen LogP contribution in [-0.4, -0.2) is 53.8 Å². The molecule has 2 aliphatic heterocycles. The Hall–Kier alpha value is -1.40. The molecule has 1 aromatic rings. The molecule has 1 N–H and O–H groups in total. The Morgan fingerprint density at radius 1 is 1.22 bits per heavy atom. The first-order chi connectivity index (χ1) is 12.8. The van der Waals surface area contributed by atoms with Gasteiger partial charge in [-0.05, 0) is 49.6 Å². The minimum atomic E-state index is -0.436. The highest BCUT2D eigenvalue weighted by molar-refractivity contribution is 7.09. The zero-order valence-electron chi connectivity index (χ0n) is 16.9. The fourth-order valence-corrected chi connectivity index (χ4v) is 4.91. The number of hydrogen-bond acceptors (Lipinski definition) is 4. The summed E-state index contributed by atoms with van der Waals surface area (Å²) in [6, 6.07) is 4.01. The van der Waals surface area contributed by atoms with Gasteiger partial charge in [-0.1, -0.05) is 26.8 Å². The predicted octanol–water partition coefficient (Wildman–Crippen LogP) is 3.11. The van der Waals surface area contributed by atoms with E-state index >= 15 is 0 Å². The van der Waals surface area contributed by atoms with Gasteiger partial charge in [0, 0.05) is 36.5 Å². The van der Waals surface area contributed by atoms with Gasteiger partial charge in [0.25, 0.3) is 0 Å². The molecule has 0 radical (unpaired) electrons. The van der Waals surface area contributed by atoms with Gasteiger partial charge in [0.05, 0.1) is 0 Å². The molecule has 0 bridgehead atoms. The second-order valence-corrected chi connectivity index (χ2v) is 10.0. The van der Waals surface area contributed by atoms with Crippen molar-refractivity contribution in [2.75, 3.05) is 26.2 Å². The average molecular weight is 392 g/mol. The van der Waals surface area contributed by atoms with E-state index in [1.807, 2.05) is 32.1 Å². The number of carbonyl (C=O) groups excluding carboxylic acids is 2. The van der Waals surface area contributed by atoms with Crippen LogP contribution in [0.3, 0.4) is 0 Å². The SMILES string of the molecule is CC(C)(C)C(=O)N1CCCC1C(=O)NCC1CCCN(Cc2cccs2)C1. The number of thiophene rings is 1. The molecule has 2 unspecified atom stereocenters. The maximum Gasteiger partial charge on any atom is 0.242 e. The molecule has 2 atom stereocenters. The summed E-state index contributed by atoms with van der Waals surface area (Å²) < 4.78 is 0. The highest BCUT2D eigenvalue weighted by Gasteiger charge is 2.38. The number of nitrogens with zero attached hydrogens (tertiary/aromatic N) is 2. The molecule has 6 heteroatoms. The van der Waals surface area contributed by atoms with Crippen LogP contribution in [0.1, 0.15) is 51.3 Å². The molecule has 1 aromatic heterocycles. The zero-order valence-corrected chi connectivity index (χ0v) is 17.7. The molecular weight excluding hydrogens is 358 g/mol. The van der Waals surface area contributed by atoms with Crippen molar-refractivity contribution in [3.8, 4) is 0 Å². The van der Waals surface area contributed by atoms with E-state index in [9.17, 15) is 9.59 Å². The van der Waals surface area contributed by atoms with Crippen molar-refractivity contribution in [1.29, 1.82) is 0 Å². The van der Waals surface area contributed by atoms with Gasteiger partial charge in [0.2, 0.25) is 11.8 Å². The van der Waals surface area contributed by atoms with Crippen molar-refractivity contribution < 1.29 is 9.59 Å². The Balaban J connectivity index is 1.48. The van der Waals surface area contributed by atoms with Crippen molar-refractivity contribution in [2.24, 2.45) is 11.3 Å². The average Bonchev–Trinajstić information content (AvgIpc) is 3.30. The van der Waals surface area contributed by atoms with Crippen LogP contribution in [0.25, 0.3) is 0 Å². The van der Waals surface area contributed by atoms with Crippen molar-refractivity contribution >= 4 is 23.2 Å². The third-order valence-corrected chi connectivity index (χ3v) is 6.45. The summed E-state index contributed by atoms with van der Waals surface area (Å²) in [7, 11) is 0. The first-order valence-electron chi connectivity index (χ1n) is 10.2. The van der Waals surface area contributed by atoms with Crippen LogP contribution in [0.2, 0.25) is 0 Å². The van der Waals surface area contributed by atoms with Gasteiger partial charge in [-0.2, -0.15) is 0 Å². The fraction of sp³-hybridized carbons (Fsp3) is 0.714. The lowest BCUT2D eigenvalue weighted by molar-refractivity contribution is -0.144. The normalized spacial score (nSPS) is 24.2. The van der Waals surface area contributed by atoms with Crippen LogP contribution in [0.5, 0.6) is 0 Å². The van der Waals surface area contributed by atoms with Crippen LogP contribution in [0, 0.1) is 11.3 Å². The smallest absolute Gasteiger partial charge is 0.242 e. The topological polar surface area (TPSA) is 52.7 Å². The molecule has 2 aliphatic rings. The molecule has 27 heavy (non-hydrogen) atoms. The maximum atomic E-state index is 12.8. The minimum absolute atomic E-state index is 0.0282. The quantitative estimate of drug-likeness (QED) is 0.839. The highest BCUT2D eigenvalue weighted by Crippen LogP contribution is 2.26. The second kappa shape index (κ2) is 8.74. The van der Waals surface area contributed by atoms with Crippen molar-refractivity contribution in [1.82, 2.24) is 15.1 Å². The summed E-state index contributed by atoms with van der Waals surface area (Å²) in [5.41, 5.74) is -0.436. The monoisotopic (exact) mass is 391 g/mol. The maximum absolute atomic E-state index is 12.8. The minimum Gasteiger partial charge on any atom is -0.354 e. The number of rotatable bonds is 5. The third kappa shape index (κ3) is 5.32. The van der Waals surface area contributed by atoms with Gasteiger partial charge < -0.3 is 10.2 Å². The molecule has 5 nitrogen and oxygen atoms in total. The van der Waals surface area contributed by atoms with E-state index in [1.165, 1.54) is 11.3 Å². The van der Waals surface area contributed by atoms with Crippen LogP contribution < -0.4 is 5.32 Å². The molecule has 2 saturated heterocycles. The first-order valence-corrected chi connectivity index (χ1v) is 11.1.